The van der Waals surface area contributed by atoms with Gasteiger partial charge in [0.1, 0.15) is 0 Å². The number of nitro groups is 1. The van der Waals surface area contributed by atoms with Crippen LogP contribution in [0.5, 0.6) is 0 Å². The molecule has 2 rings (SSSR count). The number of nitrogens with zero attached hydrogens (tertiary/aromatic N) is 2. The minimum absolute atomic E-state index is 0.142. The predicted molar refractivity (Wildman–Crippen MR) is 84.4 cm³/mol. The van der Waals surface area contributed by atoms with Gasteiger partial charge in [-0.25, -0.2) is 0 Å². The van der Waals surface area contributed by atoms with Crippen LogP contribution in [-0.2, 0) is 0 Å². The fourth-order valence-corrected chi connectivity index (χ4v) is 3.00. The molecule has 1 aromatic rings. The molecule has 0 spiro atoms. The average molecular weight is 291 g/mol. The molecule has 1 saturated heterocycles. The maximum Gasteiger partial charge on any atom is 0.269 e. The molecule has 0 aromatic heterocycles. The van der Waals surface area contributed by atoms with Crippen molar-refractivity contribution >= 4 is 5.69 Å². The number of hydrogen-bond acceptors (Lipinski definition) is 4. The van der Waals surface area contributed by atoms with Crippen molar-refractivity contribution in [3.63, 3.8) is 0 Å². The highest BCUT2D eigenvalue weighted by Gasteiger charge is 2.19. The summed E-state index contributed by atoms with van der Waals surface area (Å²) >= 11 is 0. The number of rotatable bonds is 5. The minimum Gasteiger partial charge on any atom is -0.307 e. The topological polar surface area (TPSA) is 58.4 Å². The lowest BCUT2D eigenvalue weighted by molar-refractivity contribution is -0.384. The van der Waals surface area contributed by atoms with Gasteiger partial charge in [-0.2, -0.15) is 0 Å². The summed E-state index contributed by atoms with van der Waals surface area (Å²) in [7, 11) is 0. The van der Waals surface area contributed by atoms with Crippen LogP contribution in [0.25, 0.3) is 0 Å². The third-order valence-corrected chi connectivity index (χ3v) is 4.33. The fourth-order valence-electron chi connectivity index (χ4n) is 3.00. The second kappa shape index (κ2) is 7.52. The molecule has 1 aliphatic rings. The first-order valence-corrected chi connectivity index (χ1v) is 7.83. The zero-order valence-corrected chi connectivity index (χ0v) is 12.9. The van der Waals surface area contributed by atoms with Gasteiger partial charge in [-0.3, -0.25) is 10.1 Å². The molecule has 21 heavy (non-hydrogen) atoms. The Morgan fingerprint density at radius 3 is 2.95 bits per heavy atom. The number of hydrogen-bond donors (Lipinski definition) is 1. The molecule has 0 radical (unpaired) electrons. The molecule has 1 heterocycles. The van der Waals surface area contributed by atoms with Crippen molar-refractivity contribution in [1.29, 1.82) is 0 Å². The molecule has 5 nitrogen and oxygen atoms in total. The summed E-state index contributed by atoms with van der Waals surface area (Å²) in [6, 6.07) is 7.57. The average Bonchev–Trinajstić information content (AvgIpc) is 2.72. The maximum atomic E-state index is 10.9. The smallest absolute Gasteiger partial charge is 0.269 e. The SMILES string of the molecule is CCN1CCCC(NC(C)c2cccc([N+](=O)[O-])c2)CC1. The standard InChI is InChI=1S/C16H25N3O2/c1-3-18-10-5-7-15(9-11-18)17-13(2)14-6-4-8-16(12-14)19(20)21/h4,6,8,12-13,15,17H,3,5,7,9-11H2,1-2H3. The summed E-state index contributed by atoms with van der Waals surface area (Å²) in [5, 5.41) is 14.5. The van der Waals surface area contributed by atoms with Gasteiger partial charge in [0.05, 0.1) is 4.92 Å². The van der Waals surface area contributed by atoms with E-state index >= 15 is 0 Å². The van der Waals surface area contributed by atoms with Crippen molar-refractivity contribution in [2.45, 2.75) is 45.2 Å². The number of likely N-dealkylation sites (tertiary alicyclic amines) is 1. The monoisotopic (exact) mass is 291 g/mol. The van der Waals surface area contributed by atoms with Crippen LogP contribution in [0, 0.1) is 10.1 Å². The molecule has 2 unspecified atom stereocenters. The number of nitro benzene ring substituents is 1. The quantitative estimate of drug-likeness (QED) is 0.669. The fraction of sp³-hybridized carbons (Fsp3) is 0.625. The van der Waals surface area contributed by atoms with E-state index in [-0.39, 0.29) is 16.7 Å². The third kappa shape index (κ3) is 4.51. The van der Waals surface area contributed by atoms with E-state index in [4.69, 9.17) is 0 Å². The van der Waals surface area contributed by atoms with Crippen molar-refractivity contribution in [2.24, 2.45) is 0 Å². The van der Waals surface area contributed by atoms with Gasteiger partial charge in [-0.1, -0.05) is 19.1 Å². The summed E-state index contributed by atoms with van der Waals surface area (Å²) in [6.07, 6.45) is 3.54. The number of non-ortho nitro benzene ring substituents is 1. The van der Waals surface area contributed by atoms with E-state index in [1.54, 1.807) is 18.2 Å². The van der Waals surface area contributed by atoms with Gasteiger partial charge in [0.2, 0.25) is 0 Å². The third-order valence-electron chi connectivity index (χ3n) is 4.33. The minimum atomic E-state index is -0.332. The first-order chi connectivity index (χ1) is 10.1. The molecule has 2 atom stereocenters. The number of benzene rings is 1. The Labute approximate surface area is 126 Å². The molecule has 1 N–H and O–H groups in total. The lowest BCUT2D eigenvalue weighted by Crippen LogP contribution is -2.33. The van der Waals surface area contributed by atoms with E-state index < -0.39 is 0 Å². The normalized spacial score (nSPS) is 21.7. The molecule has 0 bridgehead atoms. The lowest BCUT2D eigenvalue weighted by Gasteiger charge is -2.22. The Hall–Kier alpha value is -1.46. The summed E-state index contributed by atoms with van der Waals surface area (Å²) in [6.45, 7) is 7.73. The zero-order valence-electron chi connectivity index (χ0n) is 12.9. The summed E-state index contributed by atoms with van der Waals surface area (Å²) in [5.41, 5.74) is 1.15. The van der Waals surface area contributed by atoms with E-state index in [9.17, 15) is 10.1 Å². The molecule has 1 aliphatic heterocycles. The summed E-state index contributed by atoms with van der Waals surface area (Å²) < 4.78 is 0. The highest BCUT2D eigenvalue weighted by Crippen LogP contribution is 2.21. The zero-order chi connectivity index (χ0) is 15.2. The molecular formula is C16H25N3O2. The molecule has 0 saturated carbocycles. The molecule has 1 fully saturated rings. The van der Waals surface area contributed by atoms with Crippen LogP contribution in [0.1, 0.15) is 44.7 Å². The van der Waals surface area contributed by atoms with Crippen LogP contribution in [-0.4, -0.2) is 35.5 Å². The van der Waals surface area contributed by atoms with Crippen LogP contribution in [0.15, 0.2) is 24.3 Å². The van der Waals surface area contributed by atoms with Gasteiger partial charge in [0.25, 0.3) is 5.69 Å². The van der Waals surface area contributed by atoms with Gasteiger partial charge >= 0.3 is 0 Å². The molecule has 0 aliphatic carbocycles. The Morgan fingerprint density at radius 1 is 1.43 bits per heavy atom. The molecular weight excluding hydrogens is 266 g/mol. The van der Waals surface area contributed by atoms with Crippen LogP contribution in [0.3, 0.4) is 0 Å². The molecule has 0 amide bonds. The van der Waals surface area contributed by atoms with E-state index in [2.05, 4.69) is 24.1 Å². The van der Waals surface area contributed by atoms with Crippen LogP contribution in [0.4, 0.5) is 5.69 Å². The Kier molecular flexibility index (Phi) is 5.70. The van der Waals surface area contributed by atoms with Gasteiger partial charge in [-0.15, -0.1) is 0 Å². The second-order valence-electron chi connectivity index (χ2n) is 5.80. The van der Waals surface area contributed by atoms with Crippen LogP contribution in [0.2, 0.25) is 0 Å². The van der Waals surface area contributed by atoms with Crippen LogP contribution >= 0.6 is 0 Å². The summed E-state index contributed by atoms with van der Waals surface area (Å²) in [5.74, 6) is 0. The van der Waals surface area contributed by atoms with Gasteiger partial charge in [-0.05, 0) is 51.4 Å². The highest BCUT2D eigenvalue weighted by atomic mass is 16.6. The first-order valence-electron chi connectivity index (χ1n) is 7.83. The maximum absolute atomic E-state index is 10.9. The Bertz CT molecular complexity index is 478. The molecule has 5 heteroatoms. The Morgan fingerprint density at radius 2 is 2.24 bits per heavy atom. The van der Waals surface area contributed by atoms with E-state index in [0.717, 1.165) is 25.1 Å². The van der Waals surface area contributed by atoms with E-state index in [1.165, 1.54) is 19.4 Å². The van der Waals surface area contributed by atoms with Crippen molar-refractivity contribution in [3.8, 4) is 0 Å². The van der Waals surface area contributed by atoms with E-state index in [0.29, 0.717) is 6.04 Å². The second-order valence-corrected chi connectivity index (χ2v) is 5.80. The number of nitrogens with one attached hydrogen (secondary N) is 1. The van der Waals surface area contributed by atoms with Gasteiger partial charge in [0, 0.05) is 24.2 Å². The molecule has 116 valence electrons. The van der Waals surface area contributed by atoms with Crippen LogP contribution < -0.4 is 5.32 Å². The van der Waals surface area contributed by atoms with Crippen molar-refractivity contribution < 1.29 is 4.92 Å². The lowest BCUT2D eigenvalue weighted by atomic mass is 10.0. The predicted octanol–water partition coefficient (Wildman–Crippen LogP) is 3.12. The van der Waals surface area contributed by atoms with Crippen molar-refractivity contribution in [2.75, 3.05) is 19.6 Å². The molecule has 1 aromatic carbocycles. The van der Waals surface area contributed by atoms with Gasteiger partial charge < -0.3 is 10.2 Å². The first kappa shape index (κ1) is 15.9. The summed E-state index contributed by atoms with van der Waals surface area (Å²) in [4.78, 5) is 13.0. The largest absolute Gasteiger partial charge is 0.307 e. The highest BCUT2D eigenvalue weighted by molar-refractivity contribution is 5.35. The van der Waals surface area contributed by atoms with E-state index in [1.807, 2.05) is 6.07 Å². The van der Waals surface area contributed by atoms with Crippen molar-refractivity contribution in [3.05, 3.63) is 39.9 Å². The Balaban J connectivity index is 1.96. The van der Waals surface area contributed by atoms with Crippen molar-refractivity contribution in [1.82, 2.24) is 10.2 Å². The van der Waals surface area contributed by atoms with Gasteiger partial charge in [0.15, 0.2) is 0 Å².